The summed E-state index contributed by atoms with van der Waals surface area (Å²) in [6.45, 7) is 0. The van der Waals surface area contributed by atoms with Gasteiger partial charge < -0.3 is 9.67 Å². The average Bonchev–Trinajstić information content (AvgIpc) is 3.04. The molecule has 0 saturated heterocycles. The number of rotatable bonds is 6. The number of nitrogens with zero attached hydrogens (tertiary/aromatic N) is 1. The van der Waals surface area contributed by atoms with Gasteiger partial charge in [0.25, 0.3) is 0 Å². The zero-order valence-electron chi connectivity index (χ0n) is 14.2. The number of aliphatic carboxylic acids is 1. The van der Waals surface area contributed by atoms with Gasteiger partial charge in [0.1, 0.15) is 5.82 Å². The number of carbonyl (C=O) groups is 1. The molecule has 0 aliphatic heterocycles. The van der Waals surface area contributed by atoms with Crippen LogP contribution in [-0.2, 0) is 22.0 Å². The van der Waals surface area contributed by atoms with Gasteiger partial charge in [-0.25, -0.2) is 4.39 Å². The Morgan fingerprint density at radius 2 is 1.69 bits per heavy atom. The van der Waals surface area contributed by atoms with Gasteiger partial charge in [-0.2, -0.15) is 0 Å². The van der Waals surface area contributed by atoms with Gasteiger partial charge in [0, 0.05) is 33.3 Å². The lowest BCUT2D eigenvalue weighted by molar-refractivity contribution is -0.136. The van der Waals surface area contributed by atoms with Crippen LogP contribution < -0.4 is 0 Å². The second kappa shape index (κ2) is 7.66. The van der Waals surface area contributed by atoms with Crippen LogP contribution in [0.1, 0.15) is 12.1 Å². The summed E-state index contributed by atoms with van der Waals surface area (Å²) >= 11 is 0. The van der Waals surface area contributed by atoms with Gasteiger partial charge in [0.05, 0.1) is 12.1 Å². The van der Waals surface area contributed by atoms with E-state index in [1.165, 1.54) is 12.1 Å². The molecule has 0 radical (unpaired) electrons. The highest BCUT2D eigenvalue weighted by Gasteiger charge is 2.13. The minimum absolute atomic E-state index is 0.0178. The Balaban J connectivity index is 2.09. The number of carboxylic acid groups (broad SMARTS) is 1. The summed E-state index contributed by atoms with van der Waals surface area (Å²) in [5.74, 6) is -1.18. The molecule has 1 N–H and O–H groups in total. The molecule has 4 nitrogen and oxygen atoms in total. The van der Waals surface area contributed by atoms with E-state index < -0.39 is 16.8 Å². The van der Waals surface area contributed by atoms with Crippen molar-refractivity contribution in [3.8, 4) is 16.9 Å². The maximum Gasteiger partial charge on any atom is 0.303 e. The smallest absolute Gasteiger partial charge is 0.303 e. The minimum atomic E-state index is -1.07. The maximum atomic E-state index is 13.3. The number of benzene rings is 2. The zero-order chi connectivity index (χ0) is 18.7. The summed E-state index contributed by atoms with van der Waals surface area (Å²) in [6.07, 6.45) is 2.01. The van der Waals surface area contributed by atoms with E-state index in [-0.39, 0.29) is 12.2 Å². The van der Waals surface area contributed by atoms with Gasteiger partial charge in [-0.15, -0.1) is 0 Å². The van der Waals surface area contributed by atoms with Gasteiger partial charge in [-0.05, 0) is 72.6 Å². The van der Waals surface area contributed by atoms with Crippen molar-refractivity contribution in [1.82, 2.24) is 4.57 Å². The van der Waals surface area contributed by atoms with Gasteiger partial charge >= 0.3 is 5.97 Å². The van der Waals surface area contributed by atoms with E-state index in [1.54, 1.807) is 30.5 Å². The van der Waals surface area contributed by atoms with Crippen molar-refractivity contribution in [2.45, 2.75) is 17.7 Å². The molecule has 0 fully saturated rings. The Hall–Kier alpha value is -2.73. The quantitative estimate of drug-likeness (QED) is 0.711. The lowest BCUT2D eigenvalue weighted by Crippen LogP contribution is -2.05. The lowest BCUT2D eigenvalue weighted by atomic mass is 10.1. The summed E-state index contributed by atoms with van der Waals surface area (Å²) in [5.41, 5.74) is 3.35. The Labute approximate surface area is 153 Å². The van der Waals surface area contributed by atoms with Crippen LogP contribution in [0.2, 0.25) is 0 Å². The Morgan fingerprint density at radius 1 is 1.04 bits per heavy atom. The van der Waals surface area contributed by atoms with Gasteiger partial charge in [-0.3, -0.25) is 9.00 Å². The van der Waals surface area contributed by atoms with E-state index >= 15 is 0 Å². The first-order valence-electron chi connectivity index (χ1n) is 8.08. The molecule has 0 amide bonds. The van der Waals surface area contributed by atoms with Crippen LogP contribution in [0.15, 0.2) is 65.6 Å². The van der Waals surface area contributed by atoms with Crippen molar-refractivity contribution in [1.29, 1.82) is 0 Å². The molecule has 0 aliphatic rings. The number of halogens is 1. The topological polar surface area (TPSA) is 59.3 Å². The van der Waals surface area contributed by atoms with E-state index in [0.717, 1.165) is 27.5 Å². The fourth-order valence-electron chi connectivity index (χ4n) is 2.85. The van der Waals surface area contributed by atoms with E-state index in [2.05, 4.69) is 0 Å². The van der Waals surface area contributed by atoms with Crippen LogP contribution in [0.25, 0.3) is 16.9 Å². The van der Waals surface area contributed by atoms with Crippen molar-refractivity contribution in [2.75, 3.05) is 6.26 Å². The molecule has 0 saturated carbocycles. The molecule has 3 aromatic rings. The van der Waals surface area contributed by atoms with Crippen molar-refractivity contribution in [2.24, 2.45) is 0 Å². The van der Waals surface area contributed by atoms with Crippen LogP contribution >= 0.6 is 0 Å². The van der Waals surface area contributed by atoms with E-state index in [1.807, 2.05) is 28.8 Å². The fourth-order valence-corrected chi connectivity index (χ4v) is 3.37. The largest absolute Gasteiger partial charge is 0.481 e. The van der Waals surface area contributed by atoms with E-state index in [4.69, 9.17) is 5.11 Å². The monoisotopic (exact) mass is 371 g/mol. The molecule has 3 rings (SSSR count). The number of aromatic nitrogens is 1. The van der Waals surface area contributed by atoms with Crippen LogP contribution in [0, 0.1) is 5.82 Å². The molecular weight excluding hydrogens is 353 g/mol. The van der Waals surface area contributed by atoms with E-state index in [9.17, 15) is 13.4 Å². The lowest BCUT2D eigenvalue weighted by Gasteiger charge is -2.14. The molecule has 1 heterocycles. The molecule has 134 valence electrons. The second-order valence-electron chi connectivity index (χ2n) is 5.89. The third-order valence-corrected chi connectivity index (χ3v) is 5.06. The van der Waals surface area contributed by atoms with Gasteiger partial charge in [0.2, 0.25) is 0 Å². The zero-order valence-corrected chi connectivity index (χ0v) is 15.0. The first kappa shape index (κ1) is 18.1. The number of aryl methyl sites for hydroxylation is 1. The Morgan fingerprint density at radius 3 is 2.27 bits per heavy atom. The first-order chi connectivity index (χ1) is 12.5. The van der Waals surface area contributed by atoms with Crippen molar-refractivity contribution < 1.29 is 18.5 Å². The fraction of sp³-hybridized carbons (Fsp3) is 0.150. The molecule has 2 aromatic carbocycles. The Bertz CT molecular complexity index is 946. The predicted octanol–water partition coefficient (Wildman–Crippen LogP) is 4.04. The first-order valence-corrected chi connectivity index (χ1v) is 9.64. The highest BCUT2D eigenvalue weighted by Crippen LogP contribution is 2.28. The molecule has 1 aromatic heterocycles. The molecule has 0 spiro atoms. The highest BCUT2D eigenvalue weighted by molar-refractivity contribution is 7.84. The van der Waals surface area contributed by atoms with Crippen molar-refractivity contribution in [3.05, 3.63) is 72.2 Å². The summed E-state index contributed by atoms with van der Waals surface area (Å²) < 4.78 is 26.8. The molecule has 0 aliphatic carbocycles. The summed E-state index contributed by atoms with van der Waals surface area (Å²) in [6, 6.07) is 17.3. The predicted molar refractivity (Wildman–Crippen MR) is 99.5 cm³/mol. The number of hydrogen-bond donors (Lipinski definition) is 1. The summed E-state index contributed by atoms with van der Waals surface area (Å²) in [4.78, 5) is 11.7. The van der Waals surface area contributed by atoms with Gasteiger partial charge in [0.15, 0.2) is 0 Å². The average molecular weight is 371 g/mol. The normalized spacial score (nSPS) is 12.1. The number of hydrogen-bond acceptors (Lipinski definition) is 2. The van der Waals surface area contributed by atoms with Crippen LogP contribution in [-0.4, -0.2) is 26.1 Å². The number of carboxylic acids is 1. The third-order valence-electron chi connectivity index (χ3n) is 4.12. The van der Waals surface area contributed by atoms with Crippen LogP contribution in [0.4, 0.5) is 4.39 Å². The third kappa shape index (κ3) is 3.91. The van der Waals surface area contributed by atoms with Crippen molar-refractivity contribution >= 4 is 16.8 Å². The maximum absolute atomic E-state index is 13.3. The molecule has 6 heteroatoms. The summed E-state index contributed by atoms with van der Waals surface area (Å²) in [7, 11) is -1.07. The second-order valence-corrected chi connectivity index (χ2v) is 7.27. The van der Waals surface area contributed by atoms with Crippen LogP contribution in [0.3, 0.4) is 0 Å². The molecule has 26 heavy (non-hydrogen) atoms. The molecular formula is C20H18FNO3S. The van der Waals surface area contributed by atoms with Crippen molar-refractivity contribution in [3.63, 3.8) is 0 Å². The van der Waals surface area contributed by atoms with E-state index in [0.29, 0.717) is 6.42 Å². The highest BCUT2D eigenvalue weighted by atomic mass is 32.2. The van der Waals surface area contributed by atoms with Gasteiger partial charge in [-0.1, -0.05) is 0 Å². The SMILES string of the molecule is CS(=O)c1ccc(-n2c(CCC(=O)O)ccc2-c2ccc(F)cc2)cc1. The molecule has 1 atom stereocenters. The molecule has 0 bridgehead atoms. The minimum Gasteiger partial charge on any atom is -0.481 e. The summed E-state index contributed by atoms with van der Waals surface area (Å²) in [5, 5.41) is 9.00. The Kier molecular flexibility index (Phi) is 5.32. The van der Waals surface area contributed by atoms with Crippen LogP contribution in [0.5, 0.6) is 0 Å². The standard InChI is InChI=1S/C20H18FNO3S/c1-26(25)18-10-6-16(7-11-18)22-17(9-13-20(23)24)8-12-19(22)14-2-4-15(21)5-3-14/h2-8,10-12H,9,13H2,1H3,(H,23,24). The molecule has 1 unspecified atom stereocenters.